The van der Waals surface area contributed by atoms with Gasteiger partial charge in [-0.25, -0.2) is 0 Å². The molecule has 0 saturated heterocycles. The molecule has 1 aromatic rings. The average molecular weight is 325 g/mol. The van der Waals surface area contributed by atoms with Gasteiger partial charge in [-0.15, -0.1) is 11.3 Å². The van der Waals surface area contributed by atoms with E-state index in [0.29, 0.717) is 12.0 Å². The summed E-state index contributed by atoms with van der Waals surface area (Å²) >= 11 is 1.57. The molecule has 6 heteroatoms. The van der Waals surface area contributed by atoms with E-state index in [9.17, 15) is 14.4 Å². The number of hydrogen-bond donors (Lipinski definition) is 2. The van der Waals surface area contributed by atoms with Crippen LogP contribution in [0.5, 0.6) is 0 Å². The number of carbonyl (C=O) groups is 3. The van der Waals surface area contributed by atoms with Gasteiger partial charge in [0, 0.05) is 34.7 Å². The normalized spacial score (nSPS) is 12.0. The van der Waals surface area contributed by atoms with Crippen LogP contribution in [0.2, 0.25) is 0 Å². The van der Waals surface area contributed by atoms with Crippen molar-refractivity contribution in [3.8, 4) is 0 Å². The first kappa shape index (κ1) is 18.4. The molecular formula is C16H23NO4S. The lowest BCUT2D eigenvalue weighted by atomic mass is 10.0. The molecule has 1 unspecified atom stereocenters. The Balaban J connectivity index is 2.41. The van der Waals surface area contributed by atoms with Gasteiger partial charge in [-0.05, 0) is 26.3 Å². The Morgan fingerprint density at radius 3 is 2.45 bits per heavy atom. The first-order valence-corrected chi connectivity index (χ1v) is 8.26. The van der Waals surface area contributed by atoms with Crippen LogP contribution in [0.1, 0.15) is 52.7 Å². The van der Waals surface area contributed by atoms with Gasteiger partial charge in [-0.3, -0.25) is 14.4 Å². The number of amides is 1. The van der Waals surface area contributed by atoms with Crippen LogP contribution < -0.4 is 5.32 Å². The van der Waals surface area contributed by atoms with Crippen molar-refractivity contribution in [3.63, 3.8) is 0 Å². The fourth-order valence-electron chi connectivity index (χ4n) is 2.26. The minimum absolute atomic E-state index is 0.0413. The Bertz CT molecular complexity index is 550. The van der Waals surface area contributed by atoms with E-state index in [1.165, 1.54) is 0 Å². The van der Waals surface area contributed by atoms with E-state index in [1.807, 2.05) is 26.8 Å². The number of thiophene rings is 1. The third kappa shape index (κ3) is 5.60. The van der Waals surface area contributed by atoms with E-state index in [1.54, 1.807) is 11.3 Å². The molecule has 0 aliphatic heterocycles. The van der Waals surface area contributed by atoms with Crippen molar-refractivity contribution in [2.24, 2.45) is 5.92 Å². The van der Waals surface area contributed by atoms with Crippen LogP contribution in [0.15, 0.2) is 6.07 Å². The predicted molar refractivity (Wildman–Crippen MR) is 86.4 cm³/mol. The van der Waals surface area contributed by atoms with Gasteiger partial charge >= 0.3 is 5.97 Å². The maximum atomic E-state index is 12.1. The highest BCUT2D eigenvalue weighted by atomic mass is 32.1. The largest absolute Gasteiger partial charge is 0.481 e. The summed E-state index contributed by atoms with van der Waals surface area (Å²) < 4.78 is 0. The van der Waals surface area contributed by atoms with Crippen molar-refractivity contribution >= 4 is 29.0 Å². The molecule has 0 spiro atoms. The van der Waals surface area contributed by atoms with Gasteiger partial charge in [0.25, 0.3) is 0 Å². The summed E-state index contributed by atoms with van der Waals surface area (Å²) in [4.78, 5) is 36.8. The third-order valence-corrected chi connectivity index (χ3v) is 4.42. The van der Waals surface area contributed by atoms with Crippen molar-refractivity contribution < 1.29 is 19.5 Å². The molecule has 1 atom stereocenters. The second-order valence-electron chi connectivity index (χ2n) is 5.38. The monoisotopic (exact) mass is 325 g/mol. The quantitative estimate of drug-likeness (QED) is 0.684. The number of ketones is 1. The molecule has 122 valence electrons. The van der Waals surface area contributed by atoms with Crippen molar-refractivity contribution in [1.29, 1.82) is 0 Å². The van der Waals surface area contributed by atoms with E-state index in [4.69, 9.17) is 5.11 Å². The molecule has 0 radical (unpaired) electrons. The predicted octanol–water partition coefficient (Wildman–Crippen LogP) is 2.94. The summed E-state index contributed by atoms with van der Waals surface area (Å²) in [5, 5.41) is 11.6. The Morgan fingerprint density at radius 2 is 1.95 bits per heavy atom. The number of aliphatic carboxylic acids is 1. The summed E-state index contributed by atoms with van der Waals surface area (Å²) in [6.45, 7) is 5.86. The lowest BCUT2D eigenvalue weighted by molar-refractivity contribution is -0.141. The number of carboxylic acid groups (broad SMARTS) is 1. The molecule has 0 aliphatic carbocycles. The number of Topliss-reactive ketones (excluding diaryl/α,β-unsaturated/α-hetero) is 1. The maximum Gasteiger partial charge on any atom is 0.308 e. The Morgan fingerprint density at radius 1 is 1.27 bits per heavy atom. The van der Waals surface area contributed by atoms with E-state index in [-0.39, 0.29) is 31.1 Å². The van der Waals surface area contributed by atoms with Crippen LogP contribution >= 0.6 is 11.3 Å². The van der Waals surface area contributed by atoms with Gasteiger partial charge in [0.1, 0.15) is 0 Å². The van der Waals surface area contributed by atoms with E-state index < -0.39 is 11.9 Å². The number of carboxylic acids is 1. The van der Waals surface area contributed by atoms with Crippen molar-refractivity contribution in [1.82, 2.24) is 5.32 Å². The Hall–Kier alpha value is -1.69. The molecule has 1 amide bonds. The number of aryl methyl sites for hydroxylation is 2. The maximum absolute atomic E-state index is 12.1. The molecule has 22 heavy (non-hydrogen) atoms. The molecule has 2 N–H and O–H groups in total. The summed E-state index contributed by atoms with van der Waals surface area (Å²) in [6, 6.07) is 1.85. The molecule has 1 rings (SSSR count). The molecule has 0 aromatic carbocycles. The van der Waals surface area contributed by atoms with Crippen molar-refractivity contribution in [2.45, 2.75) is 46.5 Å². The average Bonchev–Trinajstić information content (AvgIpc) is 2.79. The third-order valence-electron chi connectivity index (χ3n) is 3.45. The van der Waals surface area contributed by atoms with Gasteiger partial charge in [0.05, 0.1) is 5.92 Å². The summed E-state index contributed by atoms with van der Waals surface area (Å²) in [5.74, 6) is -1.78. The minimum atomic E-state index is -0.900. The molecular weight excluding hydrogens is 302 g/mol. The highest BCUT2D eigenvalue weighted by Gasteiger charge is 2.18. The molecule has 0 bridgehead atoms. The molecule has 0 aliphatic rings. The number of nitrogens with one attached hydrogen (secondary N) is 1. The number of rotatable bonds is 9. The summed E-state index contributed by atoms with van der Waals surface area (Å²) in [6.07, 6.45) is 1.52. The zero-order valence-corrected chi connectivity index (χ0v) is 14.1. The fraction of sp³-hybridized carbons (Fsp3) is 0.562. The molecule has 1 heterocycles. The smallest absolute Gasteiger partial charge is 0.308 e. The standard InChI is InChI=1S/C16H23NO4S/c1-4-5-12(16(20)21)9-17-15(19)7-6-14(18)13-8-10(2)22-11(13)3/h8,12H,4-7,9H2,1-3H3,(H,17,19)(H,20,21). The minimum Gasteiger partial charge on any atom is -0.481 e. The van der Waals surface area contributed by atoms with E-state index >= 15 is 0 Å². The van der Waals surface area contributed by atoms with Crippen LogP contribution in [-0.2, 0) is 9.59 Å². The SMILES string of the molecule is CCCC(CNC(=O)CCC(=O)c1cc(C)sc1C)C(=O)O. The van der Waals surface area contributed by atoms with Gasteiger partial charge in [-0.1, -0.05) is 13.3 Å². The number of hydrogen-bond acceptors (Lipinski definition) is 4. The van der Waals surface area contributed by atoms with Gasteiger partial charge < -0.3 is 10.4 Å². The molecule has 0 fully saturated rings. The molecule has 0 saturated carbocycles. The Kier molecular flexibility index (Phi) is 7.24. The first-order chi connectivity index (χ1) is 10.3. The Labute approximate surface area is 134 Å². The van der Waals surface area contributed by atoms with Crippen LogP contribution in [-0.4, -0.2) is 29.3 Å². The van der Waals surface area contributed by atoms with Crippen LogP contribution in [0.4, 0.5) is 0 Å². The summed E-state index contributed by atoms with van der Waals surface area (Å²) in [7, 11) is 0. The van der Waals surface area contributed by atoms with Crippen LogP contribution in [0.3, 0.4) is 0 Å². The van der Waals surface area contributed by atoms with Crippen molar-refractivity contribution in [3.05, 3.63) is 21.4 Å². The van der Waals surface area contributed by atoms with Gasteiger partial charge in [0.15, 0.2) is 5.78 Å². The zero-order valence-electron chi connectivity index (χ0n) is 13.3. The summed E-state index contributed by atoms with van der Waals surface area (Å²) in [5.41, 5.74) is 0.685. The van der Waals surface area contributed by atoms with E-state index in [0.717, 1.165) is 16.2 Å². The fourth-order valence-corrected chi connectivity index (χ4v) is 3.20. The lowest BCUT2D eigenvalue weighted by Crippen LogP contribution is -2.33. The molecule has 1 aromatic heterocycles. The molecule has 5 nitrogen and oxygen atoms in total. The van der Waals surface area contributed by atoms with Gasteiger partial charge in [-0.2, -0.15) is 0 Å². The highest BCUT2D eigenvalue weighted by Crippen LogP contribution is 2.22. The van der Waals surface area contributed by atoms with Gasteiger partial charge in [0.2, 0.25) is 5.91 Å². The van der Waals surface area contributed by atoms with Crippen molar-refractivity contribution in [2.75, 3.05) is 6.54 Å². The second-order valence-corrected chi connectivity index (χ2v) is 6.84. The van der Waals surface area contributed by atoms with E-state index in [2.05, 4.69) is 5.32 Å². The zero-order chi connectivity index (χ0) is 16.7. The second kappa shape index (κ2) is 8.68. The highest BCUT2D eigenvalue weighted by molar-refractivity contribution is 7.12. The number of carbonyl (C=O) groups excluding carboxylic acids is 2. The topological polar surface area (TPSA) is 83.5 Å². The van der Waals surface area contributed by atoms with Crippen LogP contribution in [0.25, 0.3) is 0 Å². The van der Waals surface area contributed by atoms with Crippen LogP contribution in [0, 0.1) is 19.8 Å². The first-order valence-electron chi connectivity index (χ1n) is 7.44. The lowest BCUT2D eigenvalue weighted by Gasteiger charge is -2.12.